The van der Waals surface area contributed by atoms with Gasteiger partial charge >= 0.3 is 0 Å². The van der Waals surface area contributed by atoms with E-state index in [9.17, 15) is 5.11 Å². The molecule has 2 heterocycles. The molecule has 4 nitrogen and oxygen atoms in total. The van der Waals surface area contributed by atoms with E-state index in [2.05, 4.69) is 16.9 Å². The first-order valence-electron chi connectivity index (χ1n) is 7.17. The van der Waals surface area contributed by atoms with Crippen LogP contribution in [0.15, 0.2) is 18.3 Å². The number of anilines is 1. The number of aromatic nitrogens is 1. The van der Waals surface area contributed by atoms with Crippen LogP contribution in [0.2, 0.25) is 0 Å². The van der Waals surface area contributed by atoms with E-state index >= 15 is 0 Å². The van der Waals surface area contributed by atoms with E-state index in [0.717, 1.165) is 31.0 Å². The number of hydrogen-bond acceptors (Lipinski definition) is 4. The summed E-state index contributed by atoms with van der Waals surface area (Å²) in [5.41, 5.74) is 1.81. The molecule has 1 unspecified atom stereocenters. The summed E-state index contributed by atoms with van der Waals surface area (Å²) in [4.78, 5) is 6.50. The zero-order chi connectivity index (χ0) is 13.7. The molecule has 106 valence electrons. The molecule has 1 aromatic rings. The highest BCUT2D eigenvalue weighted by Crippen LogP contribution is 2.20. The summed E-state index contributed by atoms with van der Waals surface area (Å²) in [6, 6.07) is 3.92. The SMILES string of the molecule is CC[C@@H](O)c1ccc(N(C)CC2CCCCO2)cn1. The Morgan fingerprint density at radius 1 is 1.47 bits per heavy atom. The molecular formula is C15H24N2O2. The summed E-state index contributed by atoms with van der Waals surface area (Å²) >= 11 is 0. The second-order valence-electron chi connectivity index (χ2n) is 5.23. The summed E-state index contributed by atoms with van der Waals surface area (Å²) in [6.07, 6.45) is 5.99. The van der Waals surface area contributed by atoms with Gasteiger partial charge < -0.3 is 14.7 Å². The van der Waals surface area contributed by atoms with Gasteiger partial charge in [-0.25, -0.2) is 0 Å². The third-order valence-corrected chi connectivity index (χ3v) is 3.69. The van der Waals surface area contributed by atoms with Crippen molar-refractivity contribution in [3.8, 4) is 0 Å². The lowest BCUT2D eigenvalue weighted by Gasteiger charge is -2.28. The molecule has 1 aliphatic rings. The second-order valence-corrected chi connectivity index (χ2v) is 5.23. The Bertz CT molecular complexity index is 374. The van der Waals surface area contributed by atoms with Crippen molar-refractivity contribution in [3.05, 3.63) is 24.0 Å². The van der Waals surface area contributed by atoms with Crippen LogP contribution in [-0.2, 0) is 4.74 Å². The van der Waals surface area contributed by atoms with Gasteiger partial charge in [0.2, 0.25) is 0 Å². The number of hydrogen-bond donors (Lipinski definition) is 1. The Labute approximate surface area is 115 Å². The van der Waals surface area contributed by atoms with Gasteiger partial charge in [0.05, 0.1) is 29.8 Å². The van der Waals surface area contributed by atoms with Crippen LogP contribution in [0.5, 0.6) is 0 Å². The fourth-order valence-electron chi connectivity index (χ4n) is 2.39. The molecule has 1 fully saturated rings. The Kier molecular flexibility index (Phi) is 5.16. The molecule has 0 radical (unpaired) electrons. The van der Waals surface area contributed by atoms with Gasteiger partial charge in [-0.2, -0.15) is 0 Å². The molecule has 1 aliphatic heterocycles. The van der Waals surface area contributed by atoms with Crippen molar-refractivity contribution in [2.45, 2.75) is 44.8 Å². The van der Waals surface area contributed by atoms with Gasteiger partial charge in [-0.1, -0.05) is 6.92 Å². The molecule has 0 aliphatic carbocycles. The van der Waals surface area contributed by atoms with Crippen molar-refractivity contribution >= 4 is 5.69 Å². The maximum atomic E-state index is 9.72. The summed E-state index contributed by atoms with van der Waals surface area (Å²) in [6.45, 7) is 3.74. The normalized spacial score (nSPS) is 21.1. The van der Waals surface area contributed by atoms with Crippen molar-refractivity contribution in [2.75, 3.05) is 25.1 Å². The minimum absolute atomic E-state index is 0.333. The molecule has 2 atom stereocenters. The number of aliphatic hydroxyl groups excluding tert-OH is 1. The first-order chi connectivity index (χ1) is 9.20. The average molecular weight is 264 g/mol. The zero-order valence-corrected chi connectivity index (χ0v) is 11.9. The lowest BCUT2D eigenvalue weighted by Crippen LogP contribution is -2.33. The Hall–Kier alpha value is -1.13. The smallest absolute Gasteiger partial charge is 0.0957 e. The Morgan fingerprint density at radius 3 is 2.89 bits per heavy atom. The average Bonchev–Trinajstić information content (AvgIpc) is 2.47. The first kappa shape index (κ1) is 14.3. The van der Waals surface area contributed by atoms with Crippen LogP contribution >= 0.6 is 0 Å². The molecule has 0 aromatic carbocycles. The van der Waals surface area contributed by atoms with E-state index in [1.54, 1.807) is 0 Å². The lowest BCUT2D eigenvalue weighted by atomic mass is 10.1. The summed E-state index contributed by atoms with van der Waals surface area (Å²) in [7, 11) is 2.06. The van der Waals surface area contributed by atoms with E-state index in [0.29, 0.717) is 12.5 Å². The maximum Gasteiger partial charge on any atom is 0.0957 e. The number of likely N-dealkylation sites (N-methyl/N-ethyl adjacent to an activating group) is 1. The highest BCUT2D eigenvalue weighted by Gasteiger charge is 2.16. The van der Waals surface area contributed by atoms with Crippen molar-refractivity contribution in [2.24, 2.45) is 0 Å². The summed E-state index contributed by atoms with van der Waals surface area (Å²) < 4.78 is 5.75. The third-order valence-electron chi connectivity index (χ3n) is 3.69. The molecule has 0 spiro atoms. The van der Waals surface area contributed by atoms with Gasteiger partial charge in [0.1, 0.15) is 0 Å². The van der Waals surface area contributed by atoms with Crippen LogP contribution in [0, 0.1) is 0 Å². The van der Waals surface area contributed by atoms with Gasteiger partial charge in [-0.3, -0.25) is 4.98 Å². The second kappa shape index (κ2) is 6.87. The van der Waals surface area contributed by atoms with E-state index in [-0.39, 0.29) is 0 Å². The molecule has 1 N–H and O–H groups in total. The van der Waals surface area contributed by atoms with Gasteiger partial charge in [0.25, 0.3) is 0 Å². The number of aliphatic hydroxyl groups is 1. The van der Waals surface area contributed by atoms with Gasteiger partial charge in [0, 0.05) is 20.2 Å². The van der Waals surface area contributed by atoms with Crippen molar-refractivity contribution in [1.82, 2.24) is 4.98 Å². The summed E-state index contributed by atoms with van der Waals surface area (Å²) in [5, 5.41) is 9.72. The van der Waals surface area contributed by atoms with Crippen molar-refractivity contribution in [1.29, 1.82) is 0 Å². The van der Waals surface area contributed by atoms with E-state index in [1.807, 2.05) is 25.3 Å². The molecule has 1 saturated heterocycles. The van der Waals surface area contributed by atoms with Crippen LogP contribution in [0.3, 0.4) is 0 Å². The molecule has 19 heavy (non-hydrogen) atoms. The molecule has 0 amide bonds. The first-order valence-corrected chi connectivity index (χ1v) is 7.17. The van der Waals surface area contributed by atoms with E-state index < -0.39 is 6.10 Å². The van der Waals surface area contributed by atoms with Crippen molar-refractivity contribution < 1.29 is 9.84 Å². The highest BCUT2D eigenvalue weighted by molar-refractivity contribution is 5.44. The fourth-order valence-corrected chi connectivity index (χ4v) is 2.39. The van der Waals surface area contributed by atoms with Gasteiger partial charge in [-0.15, -0.1) is 0 Å². The quantitative estimate of drug-likeness (QED) is 0.887. The number of rotatable bonds is 5. The topological polar surface area (TPSA) is 45.6 Å². The highest BCUT2D eigenvalue weighted by atomic mass is 16.5. The van der Waals surface area contributed by atoms with Gasteiger partial charge in [0.15, 0.2) is 0 Å². The molecular weight excluding hydrogens is 240 g/mol. The van der Waals surface area contributed by atoms with Crippen LogP contribution in [0.25, 0.3) is 0 Å². The third kappa shape index (κ3) is 3.91. The predicted molar refractivity (Wildman–Crippen MR) is 76.3 cm³/mol. The molecule has 2 rings (SSSR count). The number of nitrogens with zero attached hydrogens (tertiary/aromatic N) is 2. The Balaban J connectivity index is 1.93. The zero-order valence-electron chi connectivity index (χ0n) is 11.9. The lowest BCUT2D eigenvalue weighted by molar-refractivity contribution is 0.0216. The minimum atomic E-state index is -0.457. The van der Waals surface area contributed by atoms with Crippen LogP contribution in [0.4, 0.5) is 5.69 Å². The Morgan fingerprint density at radius 2 is 2.32 bits per heavy atom. The van der Waals surface area contributed by atoms with E-state index in [1.165, 1.54) is 12.8 Å². The fraction of sp³-hybridized carbons (Fsp3) is 0.667. The van der Waals surface area contributed by atoms with Crippen molar-refractivity contribution in [3.63, 3.8) is 0 Å². The van der Waals surface area contributed by atoms with Gasteiger partial charge in [-0.05, 0) is 37.8 Å². The van der Waals surface area contributed by atoms with Crippen LogP contribution in [0.1, 0.15) is 44.4 Å². The summed E-state index contributed by atoms with van der Waals surface area (Å²) in [5.74, 6) is 0. The van der Waals surface area contributed by atoms with E-state index in [4.69, 9.17) is 4.74 Å². The standard InChI is InChI=1S/C15H24N2O2/c1-3-15(18)14-8-7-12(10-16-14)17(2)11-13-6-4-5-9-19-13/h7-8,10,13,15,18H,3-6,9,11H2,1-2H3/t13?,15-/m1/s1. The minimum Gasteiger partial charge on any atom is -0.387 e. The monoisotopic (exact) mass is 264 g/mol. The molecule has 4 heteroatoms. The molecule has 1 aromatic heterocycles. The van der Waals surface area contributed by atoms with Crippen LogP contribution in [-0.4, -0.2) is 36.4 Å². The predicted octanol–water partition coefficient (Wildman–Crippen LogP) is 2.53. The van der Waals surface area contributed by atoms with Crippen LogP contribution < -0.4 is 4.90 Å². The molecule has 0 saturated carbocycles. The molecule has 0 bridgehead atoms. The maximum absolute atomic E-state index is 9.72. The number of ether oxygens (including phenoxy) is 1. The number of pyridine rings is 1. The largest absolute Gasteiger partial charge is 0.387 e.